The van der Waals surface area contributed by atoms with Gasteiger partial charge >= 0.3 is 0 Å². The van der Waals surface area contributed by atoms with Crippen LogP contribution in [-0.4, -0.2) is 26.6 Å². The van der Waals surface area contributed by atoms with Crippen molar-refractivity contribution < 1.29 is 0 Å². The molecule has 0 saturated carbocycles. The van der Waals surface area contributed by atoms with Gasteiger partial charge in [-0.15, -0.1) is 0 Å². The molecule has 0 fully saturated rings. The number of anilines is 1. The van der Waals surface area contributed by atoms with Crippen LogP contribution in [0.5, 0.6) is 0 Å². The molecule has 0 radical (unpaired) electrons. The molecule has 0 spiro atoms. The van der Waals surface area contributed by atoms with Crippen LogP contribution in [0.15, 0.2) is 18.6 Å². The number of nitrogens with zero attached hydrogens (tertiary/aromatic N) is 5. The Kier molecular flexibility index (Phi) is 4.34. The number of aromatic nitrogens is 4. The lowest BCUT2D eigenvalue weighted by molar-refractivity contribution is 0.731. The molecule has 20 heavy (non-hydrogen) atoms. The van der Waals surface area contributed by atoms with Gasteiger partial charge in [0.25, 0.3) is 0 Å². The van der Waals surface area contributed by atoms with Crippen molar-refractivity contribution in [1.29, 1.82) is 0 Å². The quantitative estimate of drug-likeness (QED) is 0.893. The zero-order valence-corrected chi connectivity index (χ0v) is 12.5. The largest absolute Gasteiger partial charge is 0.364 e. The second-order valence-electron chi connectivity index (χ2n) is 5.23. The minimum atomic E-state index is 0.300. The summed E-state index contributed by atoms with van der Waals surface area (Å²) in [6.45, 7) is 5.25. The Morgan fingerprint density at radius 3 is 2.65 bits per heavy atom. The molecule has 6 heteroatoms. The molecular formula is C14H22N6. The molecule has 0 aliphatic rings. The van der Waals surface area contributed by atoms with Crippen LogP contribution in [0.3, 0.4) is 0 Å². The maximum Gasteiger partial charge on any atom is 0.131 e. The molecule has 0 aromatic carbocycles. The third kappa shape index (κ3) is 2.96. The molecule has 0 saturated heterocycles. The molecule has 0 unspecified atom stereocenters. The van der Waals surface area contributed by atoms with Gasteiger partial charge in [0.15, 0.2) is 0 Å². The summed E-state index contributed by atoms with van der Waals surface area (Å²) in [5, 5.41) is 0. The molecule has 2 N–H and O–H groups in total. The molecule has 2 aromatic rings. The second kappa shape index (κ2) is 6.00. The molecule has 0 atom stereocenters. The van der Waals surface area contributed by atoms with Gasteiger partial charge in [-0.25, -0.2) is 15.0 Å². The van der Waals surface area contributed by atoms with Gasteiger partial charge in [-0.1, -0.05) is 13.8 Å². The van der Waals surface area contributed by atoms with Crippen LogP contribution in [0, 0.1) is 0 Å². The number of hydrogen-bond acceptors (Lipinski definition) is 5. The lowest BCUT2D eigenvalue weighted by Crippen LogP contribution is -2.22. The average molecular weight is 274 g/mol. The van der Waals surface area contributed by atoms with Gasteiger partial charge in [-0.3, -0.25) is 0 Å². The summed E-state index contributed by atoms with van der Waals surface area (Å²) in [5.41, 5.74) is 7.66. The van der Waals surface area contributed by atoms with Crippen LogP contribution >= 0.6 is 0 Å². The SMILES string of the molecule is CC(C)c1ncc(N(C)Cc2nccn2C)c(CN)n1. The van der Waals surface area contributed by atoms with Crippen molar-refractivity contribution in [3.8, 4) is 0 Å². The van der Waals surface area contributed by atoms with E-state index in [1.54, 1.807) is 6.20 Å². The van der Waals surface area contributed by atoms with E-state index in [4.69, 9.17) is 5.73 Å². The Labute approximate surface area is 119 Å². The van der Waals surface area contributed by atoms with Gasteiger partial charge < -0.3 is 15.2 Å². The minimum absolute atomic E-state index is 0.300. The van der Waals surface area contributed by atoms with Crippen molar-refractivity contribution in [3.63, 3.8) is 0 Å². The third-order valence-electron chi connectivity index (χ3n) is 3.28. The fraction of sp³-hybridized carbons (Fsp3) is 0.500. The molecule has 0 amide bonds. The van der Waals surface area contributed by atoms with E-state index in [1.807, 2.05) is 31.1 Å². The zero-order chi connectivity index (χ0) is 14.7. The summed E-state index contributed by atoms with van der Waals surface area (Å²) in [4.78, 5) is 15.4. The van der Waals surface area contributed by atoms with Gasteiger partial charge in [0.1, 0.15) is 11.6 Å². The molecule has 0 aliphatic heterocycles. The van der Waals surface area contributed by atoms with Crippen molar-refractivity contribution >= 4 is 5.69 Å². The van der Waals surface area contributed by atoms with Crippen LogP contribution in [0.4, 0.5) is 5.69 Å². The Bertz CT molecular complexity index is 575. The fourth-order valence-electron chi connectivity index (χ4n) is 2.02. The molecule has 2 rings (SSSR count). The first-order valence-corrected chi connectivity index (χ1v) is 6.76. The minimum Gasteiger partial charge on any atom is -0.364 e. The van der Waals surface area contributed by atoms with Crippen molar-refractivity contribution in [3.05, 3.63) is 35.9 Å². The molecule has 0 bridgehead atoms. The summed E-state index contributed by atoms with van der Waals surface area (Å²) in [6.07, 6.45) is 5.59. The van der Waals surface area contributed by atoms with Crippen LogP contribution < -0.4 is 10.6 Å². The molecule has 108 valence electrons. The third-order valence-corrected chi connectivity index (χ3v) is 3.28. The smallest absolute Gasteiger partial charge is 0.131 e. The van der Waals surface area contributed by atoms with Gasteiger partial charge in [0.2, 0.25) is 0 Å². The first-order chi connectivity index (χ1) is 9.52. The van der Waals surface area contributed by atoms with Crippen LogP contribution in [0.2, 0.25) is 0 Å². The molecule has 2 heterocycles. The van der Waals surface area contributed by atoms with Gasteiger partial charge in [0, 0.05) is 39.0 Å². The van der Waals surface area contributed by atoms with E-state index in [9.17, 15) is 0 Å². The van der Waals surface area contributed by atoms with Gasteiger partial charge in [-0.05, 0) is 0 Å². The summed E-state index contributed by atoms with van der Waals surface area (Å²) in [7, 11) is 3.99. The maximum absolute atomic E-state index is 5.82. The standard InChI is InChI=1S/C14H22N6/c1-10(2)14-17-8-12(11(7-15)18-14)20(4)9-13-16-5-6-19(13)3/h5-6,8,10H,7,9,15H2,1-4H3. The van der Waals surface area contributed by atoms with Crippen molar-refractivity contribution in [1.82, 2.24) is 19.5 Å². The number of imidazole rings is 1. The Morgan fingerprint density at radius 1 is 1.35 bits per heavy atom. The predicted molar refractivity (Wildman–Crippen MR) is 79.3 cm³/mol. The topological polar surface area (TPSA) is 72.9 Å². The van der Waals surface area contributed by atoms with E-state index in [0.717, 1.165) is 23.0 Å². The Hall–Kier alpha value is -1.95. The number of nitrogens with two attached hydrogens (primary N) is 1. The van der Waals surface area contributed by atoms with Crippen LogP contribution in [0.1, 0.15) is 37.1 Å². The summed E-state index contributed by atoms with van der Waals surface area (Å²) in [5.74, 6) is 2.12. The highest BCUT2D eigenvalue weighted by Gasteiger charge is 2.13. The van der Waals surface area contributed by atoms with E-state index < -0.39 is 0 Å². The molecular weight excluding hydrogens is 252 g/mol. The normalized spacial score (nSPS) is 11.1. The predicted octanol–water partition coefficient (Wildman–Crippen LogP) is 1.43. The van der Waals surface area contributed by atoms with Gasteiger partial charge in [0.05, 0.1) is 24.1 Å². The lowest BCUT2D eigenvalue weighted by Gasteiger charge is -2.21. The highest BCUT2D eigenvalue weighted by Crippen LogP contribution is 2.20. The van der Waals surface area contributed by atoms with E-state index in [0.29, 0.717) is 19.0 Å². The monoisotopic (exact) mass is 274 g/mol. The zero-order valence-electron chi connectivity index (χ0n) is 12.5. The number of rotatable bonds is 5. The van der Waals surface area contributed by atoms with E-state index in [1.165, 1.54) is 0 Å². The van der Waals surface area contributed by atoms with E-state index >= 15 is 0 Å². The van der Waals surface area contributed by atoms with Crippen LogP contribution in [-0.2, 0) is 20.1 Å². The summed E-state index contributed by atoms with van der Waals surface area (Å²) < 4.78 is 2.00. The Morgan fingerprint density at radius 2 is 2.10 bits per heavy atom. The highest BCUT2D eigenvalue weighted by atomic mass is 15.2. The maximum atomic E-state index is 5.82. The first kappa shape index (κ1) is 14.5. The van der Waals surface area contributed by atoms with Gasteiger partial charge in [-0.2, -0.15) is 0 Å². The van der Waals surface area contributed by atoms with E-state index in [-0.39, 0.29) is 0 Å². The molecule has 2 aromatic heterocycles. The number of hydrogen-bond donors (Lipinski definition) is 1. The summed E-state index contributed by atoms with van der Waals surface area (Å²) >= 11 is 0. The van der Waals surface area contributed by atoms with Crippen molar-refractivity contribution in [2.75, 3.05) is 11.9 Å². The van der Waals surface area contributed by atoms with Crippen molar-refractivity contribution in [2.24, 2.45) is 12.8 Å². The average Bonchev–Trinajstić information content (AvgIpc) is 2.83. The van der Waals surface area contributed by atoms with E-state index in [2.05, 4.69) is 33.7 Å². The van der Waals surface area contributed by atoms with Crippen molar-refractivity contribution in [2.45, 2.75) is 32.9 Å². The Balaban J connectivity index is 2.25. The van der Waals surface area contributed by atoms with Crippen LogP contribution in [0.25, 0.3) is 0 Å². The molecule has 6 nitrogen and oxygen atoms in total. The fourth-order valence-corrected chi connectivity index (χ4v) is 2.02. The first-order valence-electron chi connectivity index (χ1n) is 6.76. The lowest BCUT2D eigenvalue weighted by atomic mass is 10.2. The second-order valence-corrected chi connectivity index (χ2v) is 5.23. The number of aryl methyl sites for hydroxylation is 1. The summed E-state index contributed by atoms with van der Waals surface area (Å²) in [6, 6.07) is 0. The highest BCUT2D eigenvalue weighted by molar-refractivity contribution is 5.48. The molecule has 0 aliphatic carbocycles.